The Kier molecular flexibility index (Phi) is 5.17. The molecule has 1 aliphatic carbocycles. The lowest BCUT2D eigenvalue weighted by atomic mass is 9.87. The van der Waals surface area contributed by atoms with Gasteiger partial charge in [-0.1, -0.05) is 46.0 Å². The lowest BCUT2D eigenvalue weighted by Gasteiger charge is -2.21. The largest absolute Gasteiger partial charge is 0.354 e. The zero-order valence-corrected chi connectivity index (χ0v) is 12.6. The van der Waals surface area contributed by atoms with Crippen LogP contribution in [0.1, 0.15) is 69.7 Å². The van der Waals surface area contributed by atoms with Crippen molar-refractivity contribution in [2.45, 2.75) is 65.2 Å². The summed E-state index contributed by atoms with van der Waals surface area (Å²) in [6.07, 6.45) is 8.35. The van der Waals surface area contributed by atoms with Crippen LogP contribution in [0.3, 0.4) is 0 Å². The van der Waals surface area contributed by atoms with Crippen LogP contribution in [0.5, 0.6) is 0 Å². The predicted molar refractivity (Wildman–Crippen MR) is 80.5 cm³/mol. The number of nitrogens with zero attached hydrogens (tertiary/aromatic N) is 2. The molecule has 106 valence electrons. The fourth-order valence-electron chi connectivity index (χ4n) is 2.83. The van der Waals surface area contributed by atoms with Gasteiger partial charge >= 0.3 is 0 Å². The second-order valence-corrected chi connectivity index (χ2v) is 6.13. The van der Waals surface area contributed by atoms with Gasteiger partial charge in [0.15, 0.2) is 0 Å². The maximum atomic E-state index is 4.59. The first-order valence-corrected chi connectivity index (χ1v) is 7.74. The molecule has 0 atom stereocenters. The minimum Gasteiger partial charge on any atom is -0.354 e. The number of aromatic nitrogens is 2. The van der Waals surface area contributed by atoms with E-state index in [2.05, 4.69) is 35.2 Å². The Bertz CT molecular complexity index is 395. The highest BCUT2D eigenvalue weighted by atomic mass is 15.1. The van der Waals surface area contributed by atoms with E-state index in [1.807, 2.05) is 6.92 Å². The Morgan fingerprint density at radius 1 is 1.21 bits per heavy atom. The molecule has 0 aromatic carbocycles. The molecule has 0 amide bonds. The number of hydrogen-bond acceptors (Lipinski definition) is 3. The summed E-state index contributed by atoms with van der Waals surface area (Å²) < 4.78 is 0. The van der Waals surface area contributed by atoms with Gasteiger partial charge in [-0.2, -0.15) is 0 Å². The highest BCUT2D eigenvalue weighted by Crippen LogP contribution is 2.26. The number of nitrogens with one attached hydrogen (secondary N) is 1. The van der Waals surface area contributed by atoms with Gasteiger partial charge in [-0.25, -0.2) is 9.97 Å². The van der Waals surface area contributed by atoms with Gasteiger partial charge in [-0.15, -0.1) is 0 Å². The average Bonchev–Trinajstić information content (AvgIpc) is 2.39. The molecule has 1 aromatic heterocycles. The molecule has 0 unspecified atom stereocenters. The third-order valence-electron chi connectivity index (χ3n) is 4.03. The van der Waals surface area contributed by atoms with Crippen LogP contribution in [0.15, 0.2) is 6.07 Å². The van der Waals surface area contributed by atoms with Crippen LogP contribution in [0, 0.1) is 12.8 Å². The van der Waals surface area contributed by atoms with Crippen LogP contribution >= 0.6 is 0 Å². The maximum Gasteiger partial charge on any atom is 0.223 e. The van der Waals surface area contributed by atoms with Gasteiger partial charge in [-0.05, 0) is 31.2 Å². The number of hydrogen-bond donors (Lipinski definition) is 1. The smallest absolute Gasteiger partial charge is 0.223 e. The Balaban J connectivity index is 1.84. The van der Waals surface area contributed by atoms with E-state index in [0.717, 1.165) is 29.8 Å². The third-order valence-corrected chi connectivity index (χ3v) is 4.03. The topological polar surface area (TPSA) is 37.8 Å². The summed E-state index contributed by atoms with van der Waals surface area (Å²) in [4.78, 5) is 9.07. The summed E-state index contributed by atoms with van der Waals surface area (Å²) in [5.41, 5.74) is 2.19. The van der Waals surface area contributed by atoms with E-state index >= 15 is 0 Å². The Morgan fingerprint density at radius 2 is 1.95 bits per heavy atom. The lowest BCUT2D eigenvalue weighted by Crippen LogP contribution is -2.14. The maximum absolute atomic E-state index is 4.59. The molecule has 3 nitrogen and oxygen atoms in total. The fourth-order valence-corrected chi connectivity index (χ4v) is 2.83. The minimum absolute atomic E-state index is 0.459. The van der Waals surface area contributed by atoms with Gasteiger partial charge < -0.3 is 5.32 Å². The number of rotatable bonds is 5. The first kappa shape index (κ1) is 14.3. The van der Waals surface area contributed by atoms with E-state index in [0.29, 0.717) is 5.92 Å². The molecule has 0 bridgehead atoms. The van der Waals surface area contributed by atoms with E-state index in [-0.39, 0.29) is 0 Å². The quantitative estimate of drug-likeness (QED) is 0.859. The van der Waals surface area contributed by atoms with Crippen molar-refractivity contribution in [1.29, 1.82) is 0 Å². The minimum atomic E-state index is 0.459. The summed E-state index contributed by atoms with van der Waals surface area (Å²) in [5.74, 6) is 2.18. The van der Waals surface area contributed by atoms with Crippen LogP contribution in [-0.2, 0) is 0 Å². The predicted octanol–water partition coefficient (Wildman–Crippen LogP) is 4.29. The molecule has 0 saturated heterocycles. The van der Waals surface area contributed by atoms with E-state index in [1.54, 1.807) is 0 Å². The lowest BCUT2D eigenvalue weighted by molar-refractivity contribution is 0.345. The summed E-state index contributed by atoms with van der Waals surface area (Å²) in [6, 6.07) is 2.08. The average molecular weight is 261 g/mol. The molecule has 0 radical (unpaired) electrons. The van der Waals surface area contributed by atoms with Gasteiger partial charge in [0.2, 0.25) is 5.95 Å². The van der Waals surface area contributed by atoms with E-state index < -0.39 is 0 Å². The van der Waals surface area contributed by atoms with Crippen LogP contribution < -0.4 is 5.32 Å². The van der Waals surface area contributed by atoms with Gasteiger partial charge in [0.25, 0.3) is 0 Å². The van der Waals surface area contributed by atoms with Crippen molar-refractivity contribution >= 4 is 5.95 Å². The second kappa shape index (κ2) is 6.88. The van der Waals surface area contributed by atoms with Crippen molar-refractivity contribution in [3.8, 4) is 0 Å². The van der Waals surface area contributed by atoms with Crippen LogP contribution in [0.25, 0.3) is 0 Å². The van der Waals surface area contributed by atoms with Crippen molar-refractivity contribution in [3.63, 3.8) is 0 Å². The van der Waals surface area contributed by atoms with Gasteiger partial charge in [0.1, 0.15) is 0 Å². The highest BCUT2D eigenvalue weighted by Gasteiger charge is 2.13. The zero-order valence-electron chi connectivity index (χ0n) is 12.6. The molecule has 1 aliphatic rings. The Hall–Kier alpha value is -1.12. The van der Waals surface area contributed by atoms with Crippen molar-refractivity contribution < 1.29 is 0 Å². The monoisotopic (exact) mass is 261 g/mol. The van der Waals surface area contributed by atoms with E-state index in [9.17, 15) is 0 Å². The van der Waals surface area contributed by atoms with Crippen molar-refractivity contribution in [2.75, 3.05) is 11.9 Å². The first-order valence-electron chi connectivity index (χ1n) is 7.74. The molecule has 1 saturated carbocycles. The first-order chi connectivity index (χ1) is 9.15. The van der Waals surface area contributed by atoms with Gasteiger partial charge in [-0.3, -0.25) is 0 Å². The molecule has 1 fully saturated rings. The zero-order chi connectivity index (χ0) is 13.7. The summed E-state index contributed by atoms with van der Waals surface area (Å²) in [6.45, 7) is 7.40. The molecule has 2 rings (SSSR count). The van der Waals surface area contributed by atoms with E-state index in [1.165, 1.54) is 38.5 Å². The SMILES string of the molecule is Cc1cc(C(C)C)nc(NCCC2CCCCC2)n1. The van der Waals surface area contributed by atoms with Gasteiger partial charge in [0.05, 0.1) is 0 Å². The molecule has 1 aromatic rings. The molecule has 0 aliphatic heterocycles. The molecule has 1 heterocycles. The number of anilines is 1. The standard InChI is InChI=1S/C16H27N3/c1-12(2)15-11-13(3)18-16(19-15)17-10-9-14-7-5-4-6-8-14/h11-12,14H,4-10H2,1-3H3,(H,17,18,19). The van der Waals surface area contributed by atoms with E-state index in [4.69, 9.17) is 0 Å². The molecule has 1 N–H and O–H groups in total. The Morgan fingerprint density at radius 3 is 2.63 bits per heavy atom. The Labute approximate surface area is 117 Å². The van der Waals surface area contributed by atoms with Gasteiger partial charge in [0, 0.05) is 17.9 Å². The van der Waals surface area contributed by atoms with Crippen LogP contribution in [0.4, 0.5) is 5.95 Å². The number of aryl methyl sites for hydroxylation is 1. The van der Waals surface area contributed by atoms with Crippen molar-refractivity contribution in [2.24, 2.45) is 5.92 Å². The van der Waals surface area contributed by atoms with Crippen LogP contribution in [-0.4, -0.2) is 16.5 Å². The van der Waals surface area contributed by atoms with Crippen LogP contribution in [0.2, 0.25) is 0 Å². The molecular weight excluding hydrogens is 234 g/mol. The second-order valence-electron chi connectivity index (χ2n) is 6.13. The summed E-state index contributed by atoms with van der Waals surface area (Å²) in [5, 5.41) is 3.41. The fraction of sp³-hybridized carbons (Fsp3) is 0.750. The molecule has 3 heteroatoms. The van der Waals surface area contributed by atoms with Crippen molar-refractivity contribution in [1.82, 2.24) is 9.97 Å². The highest BCUT2D eigenvalue weighted by molar-refractivity contribution is 5.28. The third kappa shape index (κ3) is 4.48. The summed E-state index contributed by atoms with van der Waals surface area (Å²) in [7, 11) is 0. The molecular formula is C16H27N3. The summed E-state index contributed by atoms with van der Waals surface area (Å²) >= 11 is 0. The van der Waals surface area contributed by atoms with Crippen molar-refractivity contribution in [3.05, 3.63) is 17.5 Å². The molecule has 0 spiro atoms. The normalized spacial score (nSPS) is 16.8. The molecule has 19 heavy (non-hydrogen) atoms.